The minimum atomic E-state index is -1.66. The summed E-state index contributed by atoms with van der Waals surface area (Å²) in [4.78, 5) is 21.8. The molecule has 0 aliphatic rings. The van der Waals surface area contributed by atoms with Gasteiger partial charge in [-0.3, -0.25) is 0 Å². The summed E-state index contributed by atoms with van der Waals surface area (Å²) in [5.41, 5.74) is -3.00. The van der Waals surface area contributed by atoms with E-state index in [-0.39, 0.29) is 13.0 Å². The van der Waals surface area contributed by atoms with Crippen molar-refractivity contribution in [3.8, 4) is 0 Å². The molecule has 0 heterocycles. The van der Waals surface area contributed by atoms with Crippen LogP contribution in [0.25, 0.3) is 0 Å². The van der Waals surface area contributed by atoms with E-state index in [1.807, 2.05) is 0 Å². The van der Waals surface area contributed by atoms with Gasteiger partial charge in [-0.2, -0.15) is 0 Å². The minimum absolute atomic E-state index is 0.0314. The van der Waals surface area contributed by atoms with E-state index in [0.717, 1.165) is 0 Å². The van der Waals surface area contributed by atoms with Crippen LogP contribution in [0.3, 0.4) is 0 Å². The zero-order chi connectivity index (χ0) is 13.0. The van der Waals surface area contributed by atoms with Gasteiger partial charge in [-0.15, -0.1) is 0 Å². The second-order valence-electron chi connectivity index (χ2n) is 4.18. The predicted molar refractivity (Wildman–Crippen MR) is 54.9 cm³/mol. The largest absolute Gasteiger partial charge is 0.479 e. The smallest absolute Gasteiger partial charge is 0.337 e. The summed E-state index contributed by atoms with van der Waals surface area (Å²) in [5, 5.41) is 18.4. The highest BCUT2D eigenvalue weighted by molar-refractivity contribution is 5.78. The van der Waals surface area contributed by atoms with Crippen LogP contribution in [0.15, 0.2) is 0 Å². The highest BCUT2D eigenvalue weighted by Gasteiger charge is 2.33. The van der Waals surface area contributed by atoms with Crippen molar-refractivity contribution >= 4 is 11.9 Å². The summed E-state index contributed by atoms with van der Waals surface area (Å²) >= 11 is 0. The first-order chi connectivity index (χ1) is 7.13. The maximum Gasteiger partial charge on any atom is 0.337 e. The van der Waals surface area contributed by atoms with Gasteiger partial charge in [0.25, 0.3) is 0 Å². The molecule has 6 heteroatoms. The van der Waals surface area contributed by atoms with Gasteiger partial charge in [0.15, 0.2) is 11.2 Å². The Morgan fingerprint density at radius 2 is 1.75 bits per heavy atom. The predicted octanol–water partition coefficient (Wildman–Crippen LogP) is 0.180. The highest BCUT2D eigenvalue weighted by atomic mass is 16.5. The van der Waals surface area contributed by atoms with Gasteiger partial charge >= 0.3 is 11.9 Å². The number of carboxylic acids is 1. The van der Waals surface area contributed by atoms with E-state index in [0.29, 0.717) is 0 Å². The fourth-order valence-corrected chi connectivity index (χ4v) is 0.889. The standard InChI is InChI=1S/C10H18O6/c1-9(2,7(11)12)16-6-5-10(3,14)8(13)15-4/h14H,5-6H2,1-4H3,(H,11,12). The third kappa shape index (κ3) is 4.16. The molecule has 0 rings (SSSR count). The lowest BCUT2D eigenvalue weighted by Crippen LogP contribution is -2.40. The fourth-order valence-electron chi connectivity index (χ4n) is 0.889. The molecule has 0 spiro atoms. The lowest BCUT2D eigenvalue weighted by molar-refractivity contribution is -0.168. The van der Waals surface area contributed by atoms with Gasteiger partial charge in [0, 0.05) is 6.42 Å². The van der Waals surface area contributed by atoms with Gasteiger partial charge in [0.05, 0.1) is 13.7 Å². The molecule has 0 radical (unpaired) electrons. The molecule has 0 amide bonds. The van der Waals surface area contributed by atoms with E-state index in [9.17, 15) is 14.7 Å². The Kier molecular flexibility index (Phi) is 4.89. The molecule has 6 nitrogen and oxygen atoms in total. The number of carbonyl (C=O) groups excluding carboxylic acids is 1. The lowest BCUT2D eigenvalue weighted by atomic mass is 10.0. The first kappa shape index (κ1) is 14.9. The van der Waals surface area contributed by atoms with Crippen molar-refractivity contribution in [3.63, 3.8) is 0 Å². The molecule has 0 aromatic carbocycles. The van der Waals surface area contributed by atoms with Gasteiger partial charge in [-0.25, -0.2) is 9.59 Å². The number of esters is 1. The van der Waals surface area contributed by atoms with Crippen LogP contribution < -0.4 is 0 Å². The van der Waals surface area contributed by atoms with Crippen LogP contribution in [0.4, 0.5) is 0 Å². The second-order valence-corrected chi connectivity index (χ2v) is 4.18. The van der Waals surface area contributed by atoms with Crippen molar-refractivity contribution in [2.45, 2.75) is 38.4 Å². The van der Waals surface area contributed by atoms with Gasteiger partial charge in [0.2, 0.25) is 0 Å². The molecule has 1 unspecified atom stereocenters. The fraction of sp³-hybridized carbons (Fsp3) is 0.800. The number of ether oxygens (including phenoxy) is 2. The lowest BCUT2D eigenvalue weighted by Gasteiger charge is -2.24. The number of aliphatic carboxylic acids is 1. The zero-order valence-corrected chi connectivity index (χ0v) is 9.94. The Hall–Kier alpha value is -1.14. The van der Waals surface area contributed by atoms with E-state index in [1.165, 1.54) is 27.9 Å². The van der Waals surface area contributed by atoms with Crippen molar-refractivity contribution < 1.29 is 29.3 Å². The topological polar surface area (TPSA) is 93.1 Å². The molecule has 0 aliphatic carbocycles. The minimum Gasteiger partial charge on any atom is -0.479 e. The Labute approximate surface area is 94.2 Å². The summed E-state index contributed by atoms with van der Waals surface area (Å²) in [7, 11) is 1.17. The van der Waals surface area contributed by atoms with Crippen molar-refractivity contribution in [2.75, 3.05) is 13.7 Å². The van der Waals surface area contributed by atoms with E-state index in [2.05, 4.69) is 4.74 Å². The molecule has 0 fully saturated rings. The van der Waals surface area contributed by atoms with E-state index in [4.69, 9.17) is 9.84 Å². The second kappa shape index (κ2) is 5.27. The number of carbonyl (C=O) groups is 2. The normalized spacial score (nSPS) is 15.3. The van der Waals surface area contributed by atoms with Crippen LogP contribution in [0.1, 0.15) is 27.2 Å². The Bertz CT molecular complexity index is 268. The number of aliphatic hydroxyl groups is 1. The molecule has 0 aliphatic heterocycles. The number of rotatable bonds is 6. The first-order valence-electron chi connectivity index (χ1n) is 4.81. The van der Waals surface area contributed by atoms with E-state index >= 15 is 0 Å². The molecular weight excluding hydrogens is 216 g/mol. The molecule has 0 saturated heterocycles. The SMILES string of the molecule is COC(=O)C(C)(O)CCOC(C)(C)C(=O)O. The quantitative estimate of drug-likeness (QED) is 0.637. The summed E-state index contributed by atoms with van der Waals surface area (Å²) in [6.45, 7) is 4.02. The van der Waals surface area contributed by atoms with Crippen LogP contribution >= 0.6 is 0 Å². The molecule has 94 valence electrons. The zero-order valence-electron chi connectivity index (χ0n) is 9.94. The molecular formula is C10H18O6. The van der Waals surface area contributed by atoms with Crippen LogP contribution in [-0.2, 0) is 19.1 Å². The molecule has 2 N–H and O–H groups in total. The van der Waals surface area contributed by atoms with E-state index < -0.39 is 23.1 Å². The molecule has 16 heavy (non-hydrogen) atoms. The number of hydrogen-bond acceptors (Lipinski definition) is 5. The summed E-state index contributed by atoms with van der Waals surface area (Å²) < 4.78 is 9.44. The van der Waals surface area contributed by atoms with Crippen molar-refractivity contribution in [1.82, 2.24) is 0 Å². The highest BCUT2D eigenvalue weighted by Crippen LogP contribution is 2.15. The molecule has 0 saturated carbocycles. The van der Waals surface area contributed by atoms with Crippen molar-refractivity contribution in [2.24, 2.45) is 0 Å². The van der Waals surface area contributed by atoms with Crippen LogP contribution in [0, 0.1) is 0 Å². The summed E-state index contributed by atoms with van der Waals surface area (Å²) in [6.07, 6.45) is -0.0314. The van der Waals surface area contributed by atoms with Crippen LogP contribution in [0.5, 0.6) is 0 Å². The number of carboxylic acid groups (broad SMARTS) is 1. The van der Waals surface area contributed by atoms with Gasteiger partial charge in [0.1, 0.15) is 0 Å². The Morgan fingerprint density at radius 1 is 1.25 bits per heavy atom. The first-order valence-corrected chi connectivity index (χ1v) is 4.81. The van der Waals surface area contributed by atoms with Crippen molar-refractivity contribution in [1.29, 1.82) is 0 Å². The van der Waals surface area contributed by atoms with Crippen LogP contribution in [-0.4, -0.2) is 47.1 Å². The van der Waals surface area contributed by atoms with Gasteiger partial charge in [-0.1, -0.05) is 0 Å². The molecule has 0 bridgehead atoms. The van der Waals surface area contributed by atoms with Crippen LogP contribution in [0.2, 0.25) is 0 Å². The average molecular weight is 234 g/mol. The van der Waals surface area contributed by atoms with E-state index in [1.54, 1.807) is 0 Å². The van der Waals surface area contributed by atoms with Gasteiger partial charge < -0.3 is 19.7 Å². The third-order valence-corrected chi connectivity index (χ3v) is 2.19. The maximum atomic E-state index is 11.1. The maximum absolute atomic E-state index is 11.1. The van der Waals surface area contributed by atoms with Gasteiger partial charge in [-0.05, 0) is 20.8 Å². The molecule has 1 atom stereocenters. The average Bonchev–Trinajstić information content (AvgIpc) is 2.15. The Morgan fingerprint density at radius 3 is 2.12 bits per heavy atom. The Balaban J connectivity index is 4.18. The number of methoxy groups -OCH3 is 1. The molecule has 0 aromatic rings. The monoisotopic (exact) mass is 234 g/mol. The number of hydrogen-bond donors (Lipinski definition) is 2. The summed E-state index contributed by atoms with van der Waals surface area (Å²) in [5.74, 6) is -1.88. The van der Waals surface area contributed by atoms with Crippen molar-refractivity contribution in [3.05, 3.63) is 0 Å². The third-order valence-electron chi connectivity index (χ3n) is 2.19. The summed E-state index contributed by atoms with van der Waals surface area (Å²) in [6, 6.07) is 0. The molecule has 0 aromatic heterocycles.